The van der Waals surface area contributed by atoms with Crippen molar-refractivity contribution in [2.45, 2.75) is 31.3 Å². The van der Waals surface area contributed by atoms with Crippen molar-refractivity contribution in [3.63, 3.8) is 0 Å². The first-order valence-electron chi connectivity index (χ1n) is 7.37. The van der Waals surface area contributed by atoms with Crippen LogP contribution in [0.15, 0.2) is 24.3 Å². The summed E-state index contributed by atoms with van der Waals surface area (Å²) in [5.41, 5.74) is 2.81. The molecule has 3 rings (SSSR count). The van der Waals surface area contributed by atoms with Crippen LogP contribution in [0.2, 0.25) is 0 Å². The minimum absolute atomic E-state index is 0. The van der Waals surface area contributed by atoms with Gasteiger partial charge < -0.3 is 10.2 Å². The van der Waals surface area contributed by atoms with Gasteiger partial charge in [-0.1, -0.05) is 24.3 Å². The molecule has 1 aromatic carbocycles. The van der Waals surface area contributed by atoms with E-state index in [4.69, 9.17) is 0 Å². The molecule has 0 radical (unpaired) electrons. The second-order valence-electron chi connectivity index (χ2n) is 5.77. The van der Waals surface area contributed by atoms with E-state index in [1.807, 2.05) is 23.7 Å². The molecule has 21 heavy (non-hydrogen) atoms. The lowest BCUT2D eigenvalue weighted by molar-refractivity contribution is -0.132. The van der Waals surface area contributed by atoms with Gasteiger partial charge in [0.25, 0.3) is 0 Å². The summed E-state index contributed by atoms with van der Waals surface area (Å²) < 4.78 is 0. The van der Waals surface area contributed by atoms with Gasteiger partial charge in [-0.2, -0.15) is 11.8 Å². The number of benzene rings is 1. The Morgan fingerprint density at radius 3 is 2.57 bits per heavy atom. The lowest BCUT2D eigenvalue weighted by Gasteiger charge is -2.28. The van der Waals surface area contributed by atoms with Gasteiger partial charge in [0.2, 0.25) is 5.91 Å². The Kier molecular flexibility index (Phi) is 5.97. The molecule has 1 heterocycles. The second-order valence-corrected chi connectivity index (χ2v) is 6.92. The van der Waals surface area contributed by atoms with E-state index in [1.54, 1.807) is 0 Å². The number of carbonyl (C=O) groups is 1. The zero-order valence-corrected chi connectivity index (χ0v) is 14.0. The van der Waals surface area contributed by atoms with Gasteiger partial charge in [-0.25, -0.2) is 0 Å². The minimum Gasteiger partial charge on any atom is -0.342 e. The van der Waals surface area contributed by atoms with Crippen molar-refractivity contribution >= 4 is 30.1 Å². The fourth-order valence-corrected chi connectivity index (χ4v) is 4.07. The quantitative estimate of drug-likeness (QED) is 0.923. The number of fused-ring (bicyclic) bond motifs is 1. The average molecular weight is 327 g/mol. The molecule has 0 aromatic heterocycles. The predicted octanol–water partition coefficient (Wildman–Crippen LogP) is 2.13. The number of likely N-dealkylation sites (N-methyl/N-ethyl adjacent to an activating group) is 1. The maximum Gasteiger partial charge on any atom is 0.224 e. The Hall–Kier alpha value is -0.710. The van der Waals surface area contributed by atoms with Crippen molar-refractivity contribution in [1.29, 1.82) is 0 Å². The molecule has 1 atom stereocenters. The number of hydrogen-bond donors (Lipinski definition) is 1. The molecular formula is C16H23ClN2OS. The highest BCUT2D eigenvalue weighted by molar-refractivity contribution is 7.99. The Bertz CT molecular complexity index is 466. The third-order valence-electron chi connectivity index (χ3n) is 4.39. The van der Waals surface area contributed by atoms with Crippen molar-refractivity contribution in [2.75, 3.05) is 25.1 Å². The van der Waals surface area contributed by atoms with Crippen molar-refractivity contribution < 1.29 is 4.79 Å². The number of thioether (sulfide) groups is 1. The second kappa shape index (κ2) is 7.52. The Morgan fingerprint density at radius 1 is 1.33 bits per heavy atom. The van der Waals surface area contributed by atoms with Crippen LogP contribution in [0.5, 0.6) is 0 Å². The van der Waals surface area contributed by atoms with E-state index in [0.29, 0.717) is 18.5 Å². The van der Waals surface area contributed by atoms with Crippen LogP contribution < -0.4 is 5.32 Å². The molecule has 3 nitrogen and oxygen atoms in total. The number of halogens is 1. The lowest BCUT2D eigenvalue weighted by Crippen LogP contribution is -2.44. The highest BCUT2D eigenvalue weighted by atomic mass is 35.5. The van der Waals surface area contributed by atoms with E-state index in [2.05, 4.69) is 29.6 Å². The Morgan fingerprint density at radius 2 is 2.00 bits per heavy atom. The molecule has 1 aliphatic heterocycles. The van der Waals surface area contributed by atoms with Gasteiger partial charge >= 0.3 is 0 Å². The largest absolute Gasteiger partial charge is 0.342 e. The number of nitrogens with zero attached hydrogens (tertiary/aromatic N) is 1. The van der Waals surface area contributed by atoms with Gasteiger partial charge in [-0.3, -0.25) is 4.79 Å². The third-order valence-corrected chi connectivity index (χ3v) is 5.52. The molecule has 1 unspecified atom stereocenters. The van der Waals surface area contributed by atoms with E-state index < -0.39 is 0 Å². The number of hydrogen-bond acceptors (Lipinski definition) is 3. The number of amides is 1. The average Bonchev–Trinajstić information content (AvgIpc) is 2.91. The molecule has 5 heteroatoms. The fourth-order valence-electron chi connectivity index (χ4n) is 3.12. The summed E-state index contributed by atoms with van der Waals surface area (Å²) in [7, 11) is 1.97. The molecule has 0 saturated carbocycles. The maximum absolute atomic E-state index is 12.4. The van der Waals surface area contributed by atoms with Crippen molar-refractivity contribution in [3.05, 3.63) is 35.4 Å². The molecule has 0 bridgehead atoms. The van der Waals surface area contributed by atoms with Crippen LogP contribution in [0.3, 0.4) is 0 Å². The van der Waals surface area contributed by atoms with Crippen LogP contribution in [-0.4, -0.2) is 48.0 Å². The summed E-state index contributed by atoms with van der Waals surface area (Å²) in [6, 6.07) is 9.25. The van der Waals surface area contributed by atoms with Gasteiger partial charge in [-0.05, 0) is 24.0 Å². The standard InChI is InChI=1S/C16H22N2OS.ClH/c1-18(16(19)10-14-11-20-7-6-17-14)15-8-12-4-2-3-5-13(12)9-15;/h2-5,14-15,17H,6-11H2,1H3;1H. The zero-order chi connectivity index (χ0) is 13.9. The summed E-state index contributed by atoms with van der Waals surface area (Å²) in [5, 5.41) is 3.44. The monoisotopic (exact) mass is 326 g/mol. The van der Waals surface area contributed by atoms with Gasteiger partial charge in [0.1, 0.15) is 0 Å². The highest BCUT2D eigenvalue weighted by Gasteiger charge is 2.28. The SMILES string of the molecule is CN(C(=O)CC1CSCCN1)C1Cc2ccccc2C1.Cl. The van der Waals surface area contributed by atoms with Gasteiger partial charge in [0.05, 0.1) is 0 Å². The molecule has 1 aliphatic carbocycles. The number of rotatable bonds is 3. The first kappa shape index (κ1) is 16.7. The molecule has 1 fully saturated rings. The first-order valence-corrected chi connectivity index (χ1v) is 8.53. The summed E-state index contributed by atoms with van der Waals surface area (Å²) in [6.45, 7) is 1.03. The smallest absolute Gasteiger partial charge is 0.224 e. The molecule has 1 aromatic rings. The van der Waals surface area contributed by atoms with E-state index in [1.165, 1.54) is 16.9 Å². The fraction of sp³-hybridized carbons (Fsp3) is 0.562. The van der Waals surface area contributed by atoms with Crippen LogP contribution in [0.4, 0.5) is 0 Å². The number of carbonyl (C=O) groups excluding carboxylic acids is 1. The van der Waals surface area contributed by atoms with Crippen LogP contribution in [0, 0.1) is 0 Å². The van der Waals surface area contributed by atoms with E-state index in [9.17, 15) is 4.79 Å². The molecule has 2 aliphatic rings. The molecule has 1 amide bonds. The Labute approximate surface area is 137 Å². The normalized spacial score (nSPS) is 21.5. The van der Waals surface area contributed by atoms with E-state index >= 15 is 0 Å². The molecule has 0 spiro atoms. The highest BCUT2D eigenvalue weighted by Crippen LogP contribution is 2.25. The Balaban J connectivity index is 0.00000161. The summed E-state index contributed by atoms with van der Waals surface area (Å²) in [6.07, 6.45) is 2.65. The van der Waals surface area contributed by atoms with Crippen LogP contribution >= 0.6 is 24.2 Å². The lowest BCUT2D eigenvalue weighted by atomic mass is 10.1. The van der Waals surface area contributed by atoms with Crippen molar-refractivity contribution in [3.8, 4) is 0 Å². The molecule has 1 saturated heterocycles. The molecule has 116 valence electrons. The van der Waals surface area contributed by atoms with Crippen molar-refractivity contribution in [1.82, 2.24) is 10.2 Å². The van der Waals surface area contributed by atoms with Crippen LogP contribution in [0.25, 0.3) is 0 Å². The first-order chi connectivity index (χ1) is 9.74. The van der Waals surface area contributed by atoms with E-state index in [0.717, 1.165) is 25.1 Å². The van der Waals surface area contributed by atoms with E-state index in [-0.39, 0.29) is 18.3 Å². The van der Waals surface area contributed by atoms with Crippen LogP contribution in [-0.2, 0) is 17.6 Å². The summed E-state index contributed by atoms with van der Waals surface area (Å²) >= 11 is 1.95. The van der Waals surface area contributed by atoms with Gasteiger partial charge in [0.15, 0.2) is 0 Å². The molecular weight excluding hydrogens is 304 g/mol. The number of nitrogens with one attached hydrogen (secondary N) is 1. The predicted molar refractivity (Wildman–Crippen MR) is 91.4 cm³/mol. The summed E-state index contributed by atoms with van der Waals surface area (Å²) in [4.78, 5) is 14.4. The van der Waals surface area contributed by atoms with Crippen molar-refractivity contribution in [2.24, 2.45) is 0 Å². The molecule has 1 N–H and O–H groups in total. The minimum atomic E-state index is 0. The summed E-state index contributed by atoms with van der Waals surface area (Å²) in [5.74, 6) is 2.51. The van der Waals surface area contributed by atoms with Gasteiger partial charge in [-0.15, -0.1) is 12.4 Å². The third kappa shape index (κ3) is 3.93. The van der Waals surface area contributed by atoms with Gasteiger partial charge in [0, 0.05) is 43.6 Å². The zero-order valence-electron chi connectivity index (χ0n) is 12.4. The topological polar surface area (TPSA) is 32.3 Å². The maximum atomic E-state index is 12.4. The van der Waals surface area contributed by atoms with Crippen LogP contribution in [0.1, 0.15) is 17.5 Å².